The van der Waals surface area contributed by atoms with Gasteiger partial charge in [0.25, 0.3) is 0 Å². The number of hydrogen-bond donors (Lipinski definition) is 1. The van der Waals surface area contributed by atoms with Gasteiger partial charge < -0.3 is 10.1 Å². The lowest BCUT2D eigenvalue weighted by molar-refractivity contribution is -0.0870. The Morgan fingerprint density at radius 1 is 1.20 bits per heavy atom. The van der Waals surface area contributed by atoms with Gasteiger partial charge in [-0.25, -0.2) is 0 Å². The number of piperazine rings is 1. The van der Waals surface area contributed by atoms with Crippen molar-refractivity contribution in [3.8, 4) is 0 Å². The predicted octanol–water partition coefficient (Wildman–Crippen LogP) is 2.80. The van der Waals surface area contributed by atoms with Crippen LogP contribution in [0.3, 0.4) is 0 Å². The van der Waals surface area contributed by atoms with Crippen LogP contribution in [-0.4, -0.2) is 48.8 Å². The maximum atomic E-state index is 5.99. The van der Waals surface area contributed by atoms with Crippen LogP contribution in [0.15, 0.2) is 0 Å². The topological polar surface area (TPSA) is 24.5 Å². The van der Waals surface area contributed by atoms with Gasteiger partial charge in [0.1, 0.15) is 0 Å². The molecule has 3 heteroatoms. The van der Waals surface area contributed by atoms with Crippen LogP contribution in [0.5, 0.6) is 0 Å². The third-order valence-electron chi connectivity index (χ3n) is 5.85. The minimum Gasteiger partial charge on any atom is -0.378 e. The summed E-state index contributed by atoms with van der Waals surface area (Å²) < 4.78 is 5.99. The van der Waals surface area contributed by atoms with Crippen LogP contribution in [0.25, 0.3) is 0 Å². The molecule has 2 heterocycles. The molecule has 0 radical (unpaired) electrons. The highest BCUT2D eigenvalue weighted by Gasteiger charge is 2.44. The van der Waals surface area contributed by atoms with E-state index in [9.17, 15) is 0 Å². The van der Waals surface area contributed by atoms with Crippen LogP contribution in [0.1, 0.15) is 58.8 Å². The summed E-state index contributed by atoms with van der Waals surface area (Å²) in [5, 5.41) is 3.68. The number of nitrogens with zero attached hydrogens (tertiary/aromatic N) is 1. The van der Waals surface area contributed by atoms with Crippen molar-refractivity contribution in [1.82, 2.24) is 10.2 Å². The molecule has 1 spiro atoms. The normalized spacial score (nSPS) is 35.5. The molecule has 2 saturated heterocycles. The summed E-state index contributed by atoms with van der Waals surface area (Å²) in [4.78, 5) is 2.90. The molecule has 1 aliphatic carbocycles. The molecule has 3 fully saturated rings. The number of rotatable bonds is 2. The fraction of sp³-hybridized carbons (Fsp3) is 1.00. The Kier molecular flexibility index (Phi) is 4.68. The van der Waals surface area contributed by atoms with E-state index in [1.165, 1.54) is 64.6 Å². The van der Waals surface area contributed by atoms with Gasteiger partial charge >= 0.3 is 0 Å². The summed E-state index contributed by atoms with van der Waals surface area (Å²) in [5.41, 5.74) is 0.472. The second kappa shape index (κ2) is 6.33. The van der Waals surface area contributed by atoms with Gasteiger partial charge in [-0.2, -0.15) is 0 Å². The highest BCUT2D eigenvalue weighted by Crippen LogP contribution is 2.38. The molecular formula is C17H32N2O. The predicted molar refractivity (Wildman–Crippen MR) is 83.0 cm³/mol. The lowest BCUT2D eigenvalue weighted by atomic mass is 9.77. The molecule has 3 rings (SSSR count). The maximum absolute atomic E-state index is 5.99. The fourth-order valence-electron chi connectivity index (χ4n) is 4.66. The Balaban J connectivity index is 1.72. The molecule has 0 aromatic carbocycles. The monoisotopic (exact) mass is 280 g/mol. The van der Waals surface area contributed by atoms with E-state index in [0.29, 0.717) is 17.6 Å². The van der Waals surface area contributed by atoms with Crippen molar-refractivity contribution in [2.75, 3.05) is 26.2 Å². The zero-order chi connectivity index (χ0) is 14.0. The zero-order valence-electron chi connectivity index (χ0n) is 13.4. The summed E-state index contributed by atoms with van der Waals surface area (Å²) in [6.45, 7) is 9.22. The summed E-state index contributed by atoms with van der Waals surface area (Å²) in [6, 6.07) is 0.761. The first-order valence-electron chi connectivity index (χ1n) is 8.80. The van der Waals surface area contributed by atoms with Crippen LogP contribution in [0, 0.1) is 5.92 Å². The Hall–Kier alpha value is -0.120. The van der Waals surface area contributed by atoms with E-state index in [2.05, 4.69) is 24.1 Å². The first kappa shape index (κ1) is 14.8. The van der Waals surface area contributed by atoms with E-state index in [-0.39, 0.29) is 0 Å². The van der Waals surface area contributed by atoms with E-state index in [1.54, 1.807) is 0 Å². The summed E-state index contributed by atoms with van der Waals surface area (Å²) in [6.07, 6.45) is 10.1. The lowest BCUT2D eigenvalue weighted by Gasteiger charge is -2.54. The molecule has 20 heavy (non-hydrogen) atoms. The second-order valence-electron chi connectivity index (χ2n) is 7.49. The zero-order valence-corrected chi connectivity index (χ0v) is 13.4. The minimum absolute atomic E-state index is 0.472. The summed E-state index contributed by atoms with van der Waals surface area (Å²) >= 11 is 0. The average molecular weight is 280 g/mol. The third kappa shape index (κ3) is 2.90. The molecule has 1 saturated carbocycles. The first-order chi connectivity index (χ1) is 9.71. The minimum atomic E-state index is 0.472. The van der Waals surface area contributed by atoms with Crippen LogP contribution >= 0.6 is 0 Å². The van der Waals surface area contributed by atoms with Crippen molar-refractivity contribution < 1.29 is 4.74 Å². The van der Waals surface area contributed by atoms with Crippen molar-refractivity contribution >= 4 is 0 Å². The van der Waals surface area contributed by atoms with Gasteiger partial charge in [-0.3, -0.25) is 4.90 Å². The molecule has 3 nitrogen and oxygen atoms in total. The molecule has 0 aromatic rings. The number of hydrogen-bond acceptors (Lipinski definition) is 3. The van der Waals surface area contributed by atoms with Crippen LogP contribution in [0.2, 0.25) is 0 Å². The third-order valence-corrected chi connectivity index (χ3v) is 5.85. The standard InChI is InChI=1S/C17H32N2O/c1-14(2)16-12-15(6-11-20-16)19-10-9-18-13-17(19)7-4-3-5-8-17/h14-16,18H,3-13H2,1-2H3. The second-order valence-corrected chi connectivity index (χ2v) is 7.49. The summed E-state index contributed by atoms with van der Waals surface area (Å²) in [5.74, 6) is 0.656. The van der Waals surface area contributed by atoms with Crippen LogP contribution in [-0.2, 0) is 4.74 Å². The van der Waals surface area contributed by atoms with Gasteiger partial charge in [-0.05, 0) is 31.6 Å². The smallest absolute Gasteiger partial charge is 0.0612 e. The molecule has 1 N–H and O–H groups in total. The Bertz CT molecular complexity index is 304. The fourth-order valence-corrected chi connectivity index (χ4v) is 4.66. The Morgan fingerprint density at radius 2 is 2.00 bits per heavy atom. The van der Waals surface area contributed by atoms with Gasteiger partial charge in [0, 0.05) is 37.8 Å². The Morgan fingerprint density at radius 3 is 2.75 bits per heavy atom. The van der Waals surface area contributed by atoms with Crippen molar-refractivity contribution in [1.29, 1.82) is 0 Å². The van der Waals surface area contributed by atoms with Crippen molar-refractivity contribution in [2.24, 2.45) is 5.92 Å². The number of nitrogens with one attached hydrogen (secondary N) is 1. The molecular weight excluding hydrogens is 248 g/mol. The molecule has 0 aromatic heterocycles. The van der Waals surface area contributed by atoms with Gasteiger partial charge in [0.2, 0.25) is 0 Å². The van der Waals surface area contributed by atoms with E-state index in [0.717, 1.165) is 12.6 Å². The largest absolute Gasteiger partial charge is 0.378 e. The van der Waals surface area contributed by atoms with Crippen LogP contribution < -0.4 is 5.32 Å². The van der Waals surface area contributed by atoms with Gasteiger partial charge in [0.05, 0.1) is 6.10 Å². The molecule has 2 aliphatic heterocycles. The van der Waals surface area contributed by atoms with Gasteiger partial charge in [0.15, 0.2) is 0 Å². The number of ether oxygens (including phenoxy) is 1. The molecule has 2 atom stereocenters. The molecule has 0 amide bonds. The van der Waals surface area contributed by atoms with E-state index in [4.69, 9.17) is 4.74 Å². The van der Waals surface area contributed by atoms with Gasteiger partial charge in [-0.1, -0.05) is 33.1 Å². The van der Waals surface area contributed by atoms with Gasteiger partial charge in [-0.15, -0.1) is 0 Å². The summed E-state index contributed by atoms with van der Waals surface area (Å²) in [7, 11) is 0. The van der Waals surface area contributed by atoms with Crippen LogP contribution in [0.4, 0.5) is 0 Å². The highest BCUT2D eigenvalue weighted by atomic mass is 16.5. The average Bonchev–Trinajstić information content (AvgIpc) is 2.49. The van der Waals surface area contributed by atoms with Crippen molar-refractivity contribution in [3.63, 3.8) is 0 Å². The Labute approximate surface area is 124 Å². The SMILES string of the molecule is CC(C)C1CC(N2CCNCC23CCCCC3)CCO1. The van der Waals surface area contributed by atoms with Crippen molar-refractivity contribution in [2.45, 2.75) is 76.5 Å². The quantitative estimate of drug-likeness (QED) is 0.842. The van der Waals surface area contributed by atoms with E-state index in [1.807, 2.05) is 0 Å². The first-order valence-corrected chi connectivity index (χ1v) is 8.80. The van der Waals surface area contributed by atoms with E-state index < -0.39 is 0 Å². The molecule has 2 unspecified atom stereocenters. The highest BCUT2D eigenvalue weighted by molar-refractivity contribution is 5.01. The van der Waals surface area contributed by atoms with Crippen molar-refractivity contribution in [3.05, 3.63) is 0 Å². The molecule has 116 valence electrons. The lowest BCUT2D eigenvalue weighted by Crippen LogP contribution is -2.65. The molecule has 0 bridgehead atoms. The maximum Gasteiger partial charge on any atom is 0.0612 e. The molecule has 3 aliphatic rings. The van der Waals surface area contributed by atoms with E-state index >= 15 is 0 Å².